The van der Waals surface area contributed by atoms with Crippen molar-refractivity contribution >= 4 is 29.4 Å². The first-order chi connectivity index (χ1) is 11.0. The number of benzene rings is 2. The molecule has 2 aromatic rings. The highest BCUT2D eigenvalue weighted by atomic mass is 32.1. The number of rotatable bonds is 5. The Labute approximate surface area is 145 Å². The van der Waals surface area contributed by atoms with E-state index in [1.54, 1.807) is 0 Å². The SMILES string of the molecule is CC(C)N(C(=S)c1ccccc1/C=C/c1ccccc1)C(C)C. The Kier molecular flexibility index (Phi) is 6.12. The third-order valence-electron chi connectivity index (χ3n) is 3.79. The summed E-state index contributed by atoms with van der Waals surface area (Å²) in [5.41, 5.74) is 3.47. The van der Waals surface area contributed by atoms with Crippen molar-refractivity contribution in [1.29, 1.82) is 0 Å². The van der Waals surface area contributed by atoms with E-state index in [9.17, 15) is 0 Å². The van der Waals surface area contributed by atoms with E-state index in [1.807, 2.05) is 6.07 Å². The lowest BCUT2D eigenvalue weighted by Crippen LogP contribution is -2.41. The third kappa shape index (κ3) is 4.52. The summed E-state index contributed by atoms with van der Waals surface area (Å²) in [6.07, 6.45) is 4.28. The van der Waals surface area contributed by atoms with Gasteiger partial charge in [-0.2, -0.15) is 0 Å². The van der Waals surface area contributed by atoms with Gasteiger partial charge in [-0.05, 0) is 38.8 Å². The molecule has 0 radical (unpaired) electrons. The first-order valence-electron chi connectivity index (χ1n) is 8.15. The summed E-state index contributed by atoms with van der Waals surface area (Å²) >= 11 is 5.80. The molecule has 23 heavy (non-hydrogen) atoms. The van der Waals surface area contributed by atoms with Crippen molar-refractivity contribution in [1.82, 2.24) is 4.90 Å². The van der Waals surface area contributed by atoms with Crippen LogP contribution in [0.4, 0.5) is 0 Å². The van der Waals surface area contributed by atoms with Crippen LogP contribution in [0.1, 0.15) is 44.4 Å². The minimum absolute atomic E-state index is 0.383. The van der Waals surface area contributed by atoms with Gasteiger partial charge in [-0.3, -0.25) is 0 Å². The predicted molar refractivity (Wildman–Crippen MR) is 106 cm³/mol. The van der Waals surface area contributed by atoms with Crippen LogP contribution in [0.5, 0.6) is 0 Å². The van der Waals surface area contributed by atoms with Gasteiger partial charge in [-0.1, -0.05) is 79.0 Å². The van der Waals surface area contributed by atoms with Crippen LogP contribution in [0, 0.1) is 0 Å². The van der Waals surface area contributed by atoms with Crippen LogP contribution in [0.25, 0.3) is 12.2 Å². The third-order valence-corrected chi connectivity index (χ3v) is 4.22. The Morgan fingerprint density at radius 3 is 2.00 bits per heavy atom. The van der Waals surface area contributed by atoms with Gasteiger partial charge in [0.15, 0.2) is 0 Å². The maximum Gasteiger partial charge on any atom is 0.110 e. The van der Waals surface area contributed by atoms with Crippen molar-refractivity contribution in [2.24, 2.45) is 0 Å². The highest BCUT2D eigenvalue weighted by Crippen LogP contribution is 2.19. The normalized spacial score (nSPS) is 11.4. The monoisotopic (exact) mass is 323 g/mol. The molecular formula is C21H25NS. The fourth-order valence-corrected chi connectivity index (χ4v) is 3.40. The summed E-state index contributed by atoms with van der Waals surface area (Å²) in [4.78, 5) is 3.22. The first-order valence-corrected chi connectivity index (χ1v) is 8.56. The van der Waals surface area contributed by atoms with Crippen LogP contribution in [0.2, 0.25) is 0 Å². The number of thiocarbonyl (C=S) groups is 1. The molecular weight excluding hydrogens is 298 g/mol. The van der Waals surface area contributed by atoms with Crippen LogP contribution in [0.3, 0.4) is 0 Å². The minimum atomic E-state index is 0.383. The summed E-state index contributed by atoms with van der Waals surface area (Å²) in [6.45, 7) is 8.76. The van der Waals surface area contributed by atoms with E-state index in [1.165, 1.54) is 5.56 Å². The standard InChI is InChI=1S/C21H25NS/c1-16(2)22(17(3)4)21(23)20-13-9-8-12-19(20)15-14-18-10-6-5-7-11-18/h5-17H,1-4H3/b15-14+. The number of hydrogen-bond donors (Lipinski definition) is 0. The van der Waals surface area contributed by atoms with E-state index in [-0.39, 0.29) is 0 Å². The molecule has 0 saturated carbocycles. The van der Waals surface area contributed by atoms with Crippen LogP contribution >= 0.6 is 12.2 Å². The maximum atomic E-state index is 5.80. The Bertz CT molecular complexity index is 663. The van der Waals surface area contributed by atoms with Crippen molar-refractivity contribution in [3.63, 3.8) is 0 Å². The van der Waals surface area contributed by atoms with Crippen LogP contribution < -0.4 is 0 Å². The lowest BCUT2D eigenvalue weighted by molar-refractivity contribution is 0.298. The molecule has 0 atom stereocenters. The minimum Gasteiger partial charge on any atom is -0.357 e. The van der Waals surface area contributed by atoms with E-state index < -0.39 is 0 Å². The Hall–Kier alpha value is -1.93. The smallest absolute Gasteiger partial charge is 0.110 e. The van der Waals surface area contributed by atoms with Crippen molar-refractivity contribution in [3.8, 4) is 0 Å². The molecule has 120 valence electrons. The zero-order valence-corrected chi connectivity index (χ0v) is 15.2. The topological polar surface area (TPSA) is 3.24 Å². The molecule has 0 fully saturated rings. The summed E-state index contributed by atoms with van der Waals surface area (Å²) in [5.74, 6) is 0. The highest BCUT2D eigenvalue weighted by molar-refractivity contribution is 7.80. The van der Waals surface area contributed by atoms with E-state index >= 15 is 0 Å². The van der Waals surface area contributed by atoms with Crippen molar-refractivity contribution in [2.75, 3.05) is 0 Å². The summed E-state index contributed by atoms with van der Waals surface area (Å²) < 4.78 is 0. The quantitative estimate of drug-likeness (QED) is 0.516. The Morgan fingerprint density at radius 1 is 0.826 bits per heavy atom. The molecule has 0 aromatic heterocycles. The lowest BCUT2D eigenvalue weighted by atomic mass is 10.0. The fourth-order valence-electron chi connectivity index (χ4n) is 2.79. The molecule has 0 N–H and O–H groups in total. The van der Waals surface area contributed by atoms with E-state index in [2.05, 4.69) is 93.3 Å². The van der Waals surface area contributed by atoms with Gasteiger partial charge in [0.25, 0.3) is 0 Å². The second kappa shape index (κ2) is 8.07. The summed E-state index contributed by atoms with van der Waals surface area (Å²) in [5, 5.41) is 0. The molecule has 0 heterocycles. The van der Waals surface area contributed by atoms with E-state index in [4.69, 9.17) is 12.2 Å². The van der Waals surface area contributed by atoms with Gasteiger partial charge in [0.1, 0.15) is 4.99 Å². The molecule has 0 spiro atoms. The van der Waals surface area contributed by atoms with Gasteiger partial charge in [0.2, 0.25) is 0 Å². The average Bonchev–Trinajstić information content (AvgIpc) is 2.53. The molecule has 0 amide bonds. The summed E-state index contributed by atoms with van der Waals surface area (Å²) in [7, 11) is 0. The van der Waals surface area contributed by atoms with Gasteiger partial charge in [-0.25, -0.2) is 0 Å². The maximum absolute atomic E-state index is 5.80. The number of nitrogens with zero attached hydrogens (tertiary/aromatic N) is 1. The zero-order valence-electron chi connectivity index (χ0n) is 14.4. The Balaban J connectivity index is 2.34. The molecule has 2 rings (SSSR count). The molecule has 1 nitrogen and oxygen atoms in total. The van der Waals surface area contributed by atoms with Gasteiger partial charge >= 0.3 is 0 Å². The molecule has 2 aromatic carbocycles. The largest absolute Gasteiger partial charge is 0.357 e. The molecule has 0 aliphatic carbocycles. The lowest BCUT2D eigenvalue weighted by Gasteiger charge is -2.34. The first kappa shape index (κ1) is 17.4. The van der Waals surface area contributed by atoms with Crippen LogP contribution in [-0.2, 0) is 0 Å². The number of hydrogen-bond acceptors (Lipinski definition) is 1. The van der Waals surface area contributed by atoms with Gasteiger partial charge < -0.3 is 4.90 Å². The van der Waals surface area contributed by atoms with E-state index in [0.29, 0.717) is 12.1 Å². The molecule has 0 aliphatic rings. The molecule has 2 heteroatoms. The second-order valence-corrected chi connectivity index (χ2v) is 6.62. The van der Waals surface area contributed by atoms with Crippen molar-refractivity contribution in [2.45, 2.75) is 39.8 Å². The van der Waals surface area contributed by atoms with Gasteiger partial charge in [0.05, 0.1) is 0 Å². The fraction of sp³-hybridized carbons (Fsp3) is 0.286. The molecule has 0 unspecified atom stereocenters. The van der Waals surface area contributed by atoms with Gasteiger partial charge in [-0.15, -0.1) is 0 Å². The predicted octanol–water partition coefficient (Wildman–Crippen LogP) is 5.65. The molecule has 0 aliphatic heterocycles. The van der Waals surface area contributed by atoms with E-state index in [0.717, 1.165) is 16.1 Å². The summed E-state index contributed by atoms with van der Waals surface area (Å²) in [6, 6.07) is 19.5. The highest BCUT2D eigenvalue weighted by Gasteiger charge is 2.19. The van der Waals surface area contributed by atoms with Gasteiger partial charge in [0, 0.05) is 17.6 Å². The second-order valence-electron chi connectivity index (χ2n) is 6.23. The van der Waals surface area contributed by atoms with Crippen molar-refractivity contribution in [3.05, 3.63) is 71.3 Å². The van der Waals surface area contributed by atoms with Crippen molar-refractivity contribution < 1.29 is 0 Å². The zero-order chi connectivity index (χ0) is 16.8. The van der Waals surface area contributed by atoms with Crippen LogP contribution in [-0.4, -0.2) is 22.0 Å². The molecule has 0 bridgehead atoms. The average molecular weight is 324 g/mol. The van der Waals surface area contributed by atoms with Crippen LogP contribution in [0.15, 0.2) is 54.6 Å². The molecule has 0 saturated heterocycles. The Morgan fingerprint density at radius 2 is 1.39 bits per heavy atom.